The van der Waals surface area contributed by atoms with Crippen molar-refractivity contribution in [2.45, 2.75) is 19.5 Å². The third kappa shape index (κ3) is 3.21. The SMILES string of the molecule is CC(NCc1cccc([N+](=O)[O-])c1Br)c1ccco1. The van der Waals surface area contributed by atoms with Crippen LogP contribution in [0.5, 0.6) is 0 Å². The molecular formula is C13H13BrN2O3. The van der Waals surface area contributed by atoms with Gasteiger partial charge in [0.2, 0.25) is 0 Å². The number of furan rings is 1. The van der Waals surface area contributed by atoms with E-state index in [1.165, 1.54) is 6.07 Å². The number of nitro benzene ring substituents is 1. The summed E-state index contributed by atoms with van der Waals surface area (Å²) in [5.41, 5.74) is 0.914. The van der Waals surface area contributed by atoms with Gasteiger partial charge >= 0.3 is 0 Å². The molecule has 0 aliphatic carbocycles. The van der Waals surface area contributed by atoms with Crippen molar-refractivity contribution in [1.82, 2.24) is 5.32 Å². The van der Waals surface area contributed by atoms with Crippen molar-refractivity contribution >= 4 is 21.6 Å². The molecule has 1 aromatic heterocycles. The van der Waals surface area contributed by atoms with Crippen LogP contribution in [0.2, 0.25) is 0 Å². The second kappa shape index (κ2) is 5.99. The molecule has 0 aliphatic rings. The molecule has 0 fully saturated rings. The monoisotopic (exact) mass is 324 g/mol. The summed E-state index contributed by atoms with van der Waals surface area (Å²) in [4.78, 5) is 10.4. The Hall–Kier alpha value is -1.66. The molecule has 0 amide bonds. The highest BCUT2D eigenvalue weighted by Crippen LogP contribution is 2.28. The Labute approximate surface area is 118 Å². The molecule has 6 heteroatoms. The van der Waals surface area contributed by atoms with Crippen LogP contribution in [-0.4, -0.2) is 4.92 Å². The van der Waals surface area contributed by atoms with E-state index < -0.39 is 4.92 Å². The lowest BCUT2D eigenvalue weighted by Gasteiger charge is -2.12. The van der Waals surface area contributed by atoms with Crippen LogP contribution < -0.4 is 5.32 Å². The number of nitro groups is 1. The lowest BCUT2D eigenvalue weighted by molar-refractivity contribution is -0.385. The van der Waals surface area contributed by atoms with E-state index in [0.29, 0.717) is 11.0 Å². The van der Waals surface area contributed by atoms with E-state index in [4.69, 9.17) is 4.42 Å². The van der Waals surface area contributed by atoms with E-state index in [-0.39, 0.29) is 11.7 Å². The van der Waals surface area contributed by atoms with E-state index >= 15 is 0 Å². The van der Waals surface area contributed by atoms with Gasteiger partial charge in [0.25, 0.3) is 5.69 Å². The quantitative estimate of drug-likeness (QED) is 0.670. The first-order valence-electron chi connectivity index (χ1n) is 5.78. The van der Waals surface area contributed by atoms with Crippen LogP contribution in [0.25, 0.3) is 0 Å². The molecule has 0 spiro atoms. The summed E-state index contributed by atoms with van der Waals surface area (Å²) in [6.07, 6.45) is 1.62. The summed E-state index contributed by atoms with van der Waals surface area (Å²) in [5.74, 6) is 0.835. The van der Waals surface area contributed by atoms with Crippen LogP contribution >= 0.6 is 15.9 Å². The fourth-order valence-electron chi connectivity index (χ4n) is 1.75. The van der Waals surface area contributed by atoms with Gasteiger partial charge in [-0.25, -0.2) is 0 Å². The summed E-state index contributed by atoms with van der Waals surface area (Å²) >= 11 is 3.28. The molecule has 2 aromatic rings. The molecule has 0 saturated heterocycles. The van der Waals surface area contributed by atoms with Gasteiger partial charge in [0.05, 0.1) is 21.7 Å². The van der Waals surface area contributed by atoms with Crippen molar-refractivity contribution in [1.29, 1.82) is 0 Å². The van der Waals surface area contributed by atoms with Gasteiger partial charge in [-0.15, -0.1) is 0 Å². The third-order valence-electron chi connectivity index (χ3n) is 2.82. The second-order valence-electron chi connectivity index (χ2n) is 4.13. The third-order valence-corrected chi connectivity index (χ3v) is 3.74. The van der Waals surface area contributed by atoms with Gasteiger partial charge in [0.1, 0.15) is 5.76 Å². The summed E-state index contributed by atoms with van der Waals surface area (Å²) < 4.78 is 5.81. The molecule has 1 atom stereocenters. The van der Waals surface area contributed by atoms with Crippen molar-refractivity contribution in [3.63, 3.8) is 0 Å². The highest BCUT2D eigenvalue weighted by molar-refractivity contribution is 9.10. The molecule has 0 saturated carbocycles. The minimum Gasteiger partial charge on any atom is -0.468 e. The Morgan fingerprint density at radius 3 is 2.84 bits per heavy atom. The van der Waals surface area contributed by atoms with Gasteiger partial charge in [-0.3, -0.25) is 10.1 Å². The molecule has 5 nitrogen and oxygen atoms in total. The van der Waals surface area contributed by atoms with E-state index in [9.17, 15) is 10.1 Å². The minimum absolute atomic E-state index is 0.0427. The predicted octanol–water partition coefficient (Wildman–Crippen LogP) is 3.80. The number of hydrogen-bond acceptors (Lipinski definition) is 4. The predicted molar refractivity (Wildman–Crippen MR) is 74.8 cm³/mol. The van der Waals surface area contributed by atoms with Crippen LogP contribution in [0.4, 0.5) is 5.69 Å². The minimum atomic E-state index is -0.399. The zero-order valence-corrected chi connectivity index (χ0v) is 11.9. The normalized spacial score (nSPS) is 12.3. The molecule has 1 aromatic carbocycles. The Balaban J connectivity index is 2.08. The Morgan fingerprint density at radius 1 is 1.42 bits per heavy atom. The average Bonchev–Trinajstić information content (AvgIpc) is 2.90. The molecular weight excluding hydrogens is 312 g/mol. The van der Waals surface area contributed by atoms with Gasteiger partial charge in [-0.05, 0) is 40.5 Å². The smallest absolute Gasteiger partial charge is 0.283 e. The number of nitrogens with one attached hydrogen (secondary N) is 1. The van der Waals surface area contributed by atoms with Crippen molar-refractivity contribution in [2.24, 2.45) is 0 Å². The first kappa shape index (κ1) is 13.8. The fourth-order valence-corrected chi connectivity index (χ4v) is 2.29. The Bertz CT molecular complexity index is 569. The zero-order valence-electron chi connectivity index (χ0n) is 10.3. The molecule has 2 rings (SSSR count). The molecule has 1 heterocycles. The van der Waals surface area contributed by atoms with E-state index in [1.54, 1.807) is 12.3 Å². The standard InChI is InChI=1S/C13H13BrN2O3/c1-9(12-6-3-7-19-12)15-8-10-4-2-5-11(13(10)14)16(17)18/h2-7,9,15H,8H2,1H3. The highest BCUT2D eigenvalue weighted by Gasteiger charge is 2.15. The van der Waals surface area contributed by atoms with Crippen LogP contribution in [-0.2, 0) is 6.54 Å². The van der Waals surface area contributed by atoms with Crippen LogP contribution in [0.3, 0.4) is 0 Å². The Kier molecular flexibility index (Phi) is 4.34. The summed E-state index contributed by atoms with van der Waals surface area (Å²) in [6.45, 7) is 2.49. The number of hydrogen-bond donors (Lipinski definition) is 1. The molecule has 1 unspecified atom stereocenters. The molecule has 19 heavy (non-hydrogen) atoms. The number of nitrogens with zero attached hydrogens (tertiary/aromatic N) is 1. The van der Waals surface area contributed by atoms with E-state index in [2.05, 4.69) is 21.2 Å². The van der Waals surface area contributed by atoms with E-state index in [1.807, 2.05) is 25.1 Å². The second-order valence-corrected chi connectivity index (χ2v) is 4.92. The maximum atomic E-state index is 10.8. The summed E-state index contributed by atoms with van der Waals surface area (Å²) in [7, 11) is 0. The summed E-state index contributed by atoms with van der Waals surface area (Å²) in [6, 6.07) is 8.76. The van der Waals surface area contributed by atoms with Crippen molar-refractivity contribution in [3.8, 4) is 0 Å². The first-order valence-corrected chi connectivity index (χ1v) is 6.57. The van der Waals surface area contributed by atoms with Gasteiger partial charge in [0.15, 0.2) is 0 Å². The average molecular weight is 325 g/mol. The number of rotatable bonds is 5. The van der Waals surface area contributed by atoms with E-state index in [0.717, 1.165) is 11.3 Å². The topological polar surface area (TPSA) is 68.3 Å². The molecule has 100 valence electrons. The van der Waals surface area contributed by atoms with Gasteiger partial charge in [0, 0.05) is 12.6 Å². The molecule has 0 aliphatic heterocycles. The molecule has 1 N–H and O–H groups in total. The maximum absolute atomic E-state index is 10.8. The van der Waals surface area contributed by atoms with Gasteiger partial charge in [-0.1, -0.05) is 12.1 Å². The molecule has 0 bridgehead atoms. The summed E-state index contributed by atoms with van der Waals surface area (Å²) in [5, 5.41) is 14.1. The Morgan fingerprint density at radius 2 is 2.21 bits per heavy atom. The van der Waals surface area contributed by atoms with Crippen molar-refractivity contribution in [3.05, 3.63) is 62.5 Å². The number of halogens is 1. The van der Waals surface area contributed by atoms with Crippen molar-refractivity contribution in [2.75, 3.05) is 0 Å². The van der Waals surface area contributed by atoms with Crippen molar-refractivity contribution < 1.29 is 9.34 Å². The van der Waals surface area contributed by atoms with Gasteiger partial charge in [-0.2, -0.15) is 0 Å². The lowest BCUT2D eigenvalue weighted by atomic mass is 10.2. The van der Waals surface area contributed by atoms with Crippen LogP contribution in [0.1, 0.15) is 24.3 Å². The maximum Gasteiger partial charge on any atom is 0.283 e. The molecule has 0 radical (unpaired) electrons. The van der Waals surface area contributed by atoms with Gasteiger partial charge < -0.3 is 9.73 Å². The zero-order chi connectivity index (χ0) is 13.8. The first-order chi connectivity index (χ1) is 9.09. The fraction of sp³-hybridized carbons (Fsp3) is 0.231. The lowest BCUT2D eigenvalue weighted by Crippen LogP contribution is -2.18. The largest absolute Gasteiger partial charge is 0.468 e. The van der Waals surface area contributed by atoms with Crippen LogP contribution in [0.15, 0.2) is 45.5 Å². The highest BCUT2D eigenvalue weighted by atomic mass is 79.9. The van der Waals surface area contributed by atoms with Crippen LogP contribution in [0, 0.1) is 10.1 Å². The number of benzene rings is 1.